The molecule has 0 amide bonds. The summed E-state index contributed by atoms with van der Waals surface area (Å²) in [5, 5.41) is 0. The Labute approximate surface area is 135 Å². The summed E-state index contributed by atoms with van der Waals surface area (Å²) in [4.78, 5) is 10.7. The Hall–Kier alpha value is -2.21. The van der Waals surface area contributed by atoms with Crippen LogP contribution >= 0.6 is 0 Å². The van der Waals surface area contributed by atoms with Crippen LogP contribution in [-0.4, -0.2) is 34.6 Å². The average Bonchev–Trinajstić information content (AvgIpc) is 2.57. The molecule has 2 N–H and O–H groups in total. The number of rotatable bonds is 5. The highest BCUT2D eigenvalue weighted by Gasteiger charge is 2.21. The molecule has 0 bridgehead atoms. The number of benzene rings is 1. The molecule has 1 saturated heterocycles. The van der Waals surface area contributed by atoms with E-state index in [1.165, 1.54) is 6.07 Å². The lowest BCUT2D eigenvalue weighted by atomic mass is 9.97. The maximum Gasteiger partial charge on any atom is 0.165 e. The number of likely N-dealkylation sites (tertiary alicyclic amines) is 1. The van der Waals surface area contributed by atoms with Crippen molar-refractivity contribution in [2.45, 2.75) is 19.4 Å². The predicted molar refractivity (Wildman–Crippen MR) is 86.3 cm³/mol. The number of ether oxygens (including phenoxy) is 1. The Bertz CT molecular complexity index is 644. The van der Waals surface area contributed by atoms with Crippen LogP contribution in [-0.2, 0) is 6.54 Å². The summed E-state index contributed by atoms with van der Waals surface area (Å²) in [7, 11) is 0. The van der Waals surface area contributed by atoms with Crippen LogP contribution in [0.5, 0.6) is 5.75 Å². The molecule has 1 aliphatic rings. The summed E-state index contributed by atoms with van der Waals surface area (Å²) in [5.74, 6) is 0.980. The number of halogens is 1. The zero-order valence-electron chi connectivity index (χ0n) is 13.0. The summed E-state index contributed by atoms with van der Waals surface area (Å²) in [5.41, 5.74) is 6.66. The minimum atomic E-state index is -0.303. The van der Waals surface area contributed by atoms with Crippen molar-refractivity contribution in [3.05, 3.63) is 48.2 Å². The van der Waals surface area contributed by atoms with E-state index in [9.17, 15) is 4.39 Å². The van der Waals surface area contributed by atoms with Gasteiger partial charge in [0.15, 0.2) is 11.6 Å². The summed E-state index contributed by atoms with van der Waals surface area (Å²) < 4.78 is 19.1. The van der Waals surface area contributed by atoms with Gasteiger partial charge in [0.05, 0.1) is 12.3 Å². The van der Waals surface area contributed by atoms with Crippen LogP contribution in [0.1, 0.15) is 18.5 Å². The van der Waals surface area contributed by atoms with E-state index >= 15 is 0 Å². The number of nitrogens with zero attached hydrogens (tertiary/aromatic N) is 3. The third-order valence-electron chi connectivity index (χ3n) is 4.20. The molecule has 3 rings (SSSR count). The monoisotopic (exact) mass is 316 g/mol. The van der Waals surface area contributed by atoms with Crippen LogP contribution in [0.4, 0.5) is 10.2 Å². The van der Waals surface area contributed by atoms with Gasteiger partial charge in [0.1, 0.15) is 5.82 Å². The molecule has 1 fully saturated rings. The van der Waals surface area contributed by atoms with Crippen molar-refractivity contribution in [3.8, 4) is 5.75 Å². The lowest BCUT2D eigenvalue weighted by Crippen LogP contribution is -2.35. The zero-order chi connectivity index (χ0) is 16.1. The Morgan fingerprint density at radius 3 is 2.65 bits per heavy atom. The lowest BCUT2D eigenvalue weighted by Gasteiger charge is -2.31. The van der Waals surface area contributed by atoms with Gasteiger partial charge in [-0.25, -0.2) is 9.37 Å². The van der Waals surface area contributed by atoms with Crippen LogP contribution < -0.4 is 10.5 Å². The predicted octanol–water partition coefficient (Wildman–Crippen LogP) is 2.49. The van der Waals surface area contributed by atoms with Gasteiger partial charge < -0.3 is 10.5 Å². The van der Waals surface area contributed by atoms with Crippen LogP contribution in [0.25, 0.3) is 0 Å². The average molecular weight is 316 g/mol. The van der Waals surface area contributed by atoms with Crippen molar-refractivity contribution in [3.63, 3.8) is 0 Å². The van der Waals surface area contributed by atoms with Gasteiger partial charge in [-0.05, 0) is 44.0 Å². The highest BCUT2D eigenvalue weighted by Crippen LogP contribution is 2.22. The molecule has 1 aromatic heterocycles. The highest BCUT2D eigenvalue weighted by atomic mass is 19.1. The number of aromatic nitrogens is 2. The third-order valence-corrected chi connectivity index (χ3v) is 4.20. The first-order valence-electron chi connectivity index (χ1n) is 7.87. The van der Waals surface area contributed by atoms with Crippen molar-refractivity contribution >= 4 is 5.82 Å². The largest absolute Gasteiger partial charge is 0.490 e. The number of nitrogen functional groups attached to an aromatic ring is 1. The smallest absolute Gasteiger partial charge is 0.165 e. The topological polar surface area (TPSA) is 64.3 Å². The fourth-order valence-electron chi connectivity index (χ4n) is 2.79. The molecule has 0 unspecified atom stereocenters. The minimum absolute atomic E-state index is 0.303. The molecule has 0 atom stereocenters. The van der Waals surface area contributed by atoms with Gasteiger partial charge in [-0.1, -0.05) is 12.1 Å². The number of nitrogens with two attached hydrogens (primary N) is 1. The van der Waals surface area contributed by atoms with Gasteiger partial charge in [0.25, 0.3) is 0 Å². The van der Waals surface area contributed by atoms with E-state index in [1.54, 1.807) is 30.6 Å². The lowest BCUT2D eigenvalue weighted by molar-refractivity contribution is 0.134. The quantitative estimate of drug-likeness (QED) is 0.918. The number of anilines is 1. The van der Waals surface area contributed by atoms with Crippen LogP contribution in [0.3, 0.4) is 0 Å². The fourth-order valence-corrected chi connectivity index (χ4v) is 2.79. The molecule has 122 valence electrons. The molecule has 1 aromatic carbocycles. The van der Waals surface area contributed by atoms with Gasteiger partial charge in [0.2, 0.25) is 0 Å². The fraction of sp³-hybridized carbons (Fsp3) is 0.412. The van der Waals surface area contributed by atoms with Gasteiger partial charge in [-0.15, -0.1) is 0 Å². The number of piperidine rings is 1. The van der Waals surface area contributed by atoms with Gasteiger partial charge in [-0.3, -0.25) is 9.88 Å². The maximum absolute atomic E-state index is 13.5. The first-order chi connectivity index (χ1) is 11.2. The maximum atomic E-state index is 13.5. The van der Waals surface area contributed by atoms with Crippen molar-refractivity contribution in [2.75, 3.05) is 25.4 Å². The molecule has 0 radical (unpaired) electrons. The Kier molecular flexibility index (Phi) is 5.02. The Morgan fingerprint density at radius 2 is 1.91 bits per heavy atom. The molecule has 5 nitrogen and oxygen atoms in total. The Balaban J connectivity index is 1.45. The van der Waals surface area contributed by atoms with Crippen molar-refractivity contribution in [2.24, 2.45) is 5.92 Å². The second kappa shape index (κ2) is 7.37. The van der Waals surface area contributed by atoms with E-state index in [1.807, 2.05) is 0 Å². The molecule has 2 heterocycles. The third kappa shape index (κ3) is 4.16. The molecule has 0 aliphatic carbocycles. The molecule has 0 spiro atoms. The molecule has 6 heteroatoms. The standard InChI is InChI=1S/C17H21FN4O/c18-14-3-1-2-4-16(14)23-12-13-5-9-22(10-6-13)11-15-17(19)21-8-7-20-15/h1-4,7-8,13H,5-6,9-12H2,(H2,19,21). The van der Waals surface area contributed by atoms with Crippen molar-refractivity contribution in [1.82, 2.24) is 14.9 Å². The summed E-state index contributed by atoms with van der Waals surface area (Å²) in [6.07, 6.45) is 5.31. The van der Waals surface area contributed by atoms with Crippen LogP contribution in [0.2, 0.25) is 0 Å². The van der Waals surface area contributed by atoms with Crippen molar-refractivity contribution in [1.29, 1.82) is 0 Å². The van der Waals surface area contributed by atoms with E-state index in [0.29, 0.717) is 24.1 Å². The first-order valence-corrected chi connectivity index (χ1v) is 7.87. The molecule has 1 aliphatic heterocycles. The van der Waals surface area contributed by atoms with E-state index in [2.05, 4.69) is 14.9 Å². The van der Waals surface area contributed by atoms with E-state index in [-0.39, 0.29) is 5.82 Å². The van der Waals surface area contributed by atoms with Gasteiger partial charge >= 0.3 is 0 Å². The number of hydrogen-bond acceptors (Lipinski definition) is 5. The summed E-state index contributed by atoms with van der Waals surface area (Å²) in [6.45, 7) is 3.20. The second-order valence-electron chi connectivity index (χ2n) is 5.85. The van der Waals surface area contributed by atoms with Crippen LogP contribution in [0, 0.1) is 11.7 Å². The summed E-state index contributed by atoms with van der Waals surface area (Å²) in [6, 6.07) is 6.54. The van der Waals surface area contributed by atoms with Crippen LogP contribution in [0.15, 0.2) is 36.7 Å². The number of para-hydroxylation sites is 1. The molecule has 2 aromatic rings. The normalized spacial score (nSPS) is 16.4. The first kappa shape index (κ1) is 15.7. The van der Waals surface area contributed by atoms with E-state index in [0.717, 1.165) is 38.2 Å². The molecule has 0 saturated carbocycles. The summed E-state index contributed by atoms with van der Waals surface area (Å²) >= 11 is 0. The van der Waals surface area contributed by atoms with E-state index < -0.39 is 0 Å². The second-order valence-corrected chi connectivity index (χ2v) is 5.85. The highest BCUT2D eigenvalue weighted by molar-refractivity contribution is 5.32. The van der Waals surface area contributed by atoms with Crippen molar-refractivity contribution < 1.29 is 9.13 Å². The minimum Gasteiger partial charge on any atom is -0.490 e. The van der Waals surface area contributed by atoms with E-state index in [4.69, 9.17) is 10.5 Å². The Morgan fingerprint density at radius 1 is 1.17 bits per heavy atom. The molecular weight excluding hydrogens is 295 g/mol. The van der Waals surface area contributed by atoms with Gasteiger partial charge in [0, 0.05) is 18.9 Å². The molecular formula is C17H21FN4O. The SMILES string of the molecule is Nc1nccnc1CN1CCC(COc2ccccc2F)CC1. The molecule has 23 heavy (non-hydrogen) atoms. The van der Waals surface area contributed by atoms with Gasteiger partial charge in [-0.2, -0.15) is 0 Å². The zero-order valence-corrected chi connectivity index (χ0v) is 13.0. The number of hydrogen-bond donors (Lipinski definition) is 1.